The van der Waals surface area contributed by atoms with Gasteiger partial charge in [-0.2, -0.15) is 0 Å². The summed E-state index contributed by atoms with van der Waals surface area (Å²) in [6, 6.07) is 3.90. The second kappa shape index (κ2) is 7.59. The fraction of sp³-hybridized carbons (Fsp3) is 0.500. The summed E-state index contributed by atoms with van der Waals surface area (Å²) in [6.07, 6.45) is 1.26. The zero-order chi connectivity index (χ0) is 15.2. The molecule has 4 N–H and O–H groups in total. The summed E-state index contributed by atoms with van der Waals surface area (Å²) in [5, 5.41) is 13.1. The minimum atomic E-state index is -0.957. The molecule has 0 aliphatic carbocycles. The maximum atomic E-state index is 13.2. The van der Waals surface area contributed by atoms with Crippen LogP contribution in [0.15, 0.2) is 23.2 Å². The predicted molar refractivity (Wildman–Crippen MR) is 79.8 cm³/mol. The summed E-state index contributed by atoms with van der Waals surface area (Å²) >= 11 is 5.74. The second-order valence-corrected chi connectivity index (χ2v) is 5.40. The Bertz CT molecular complexity index is 487. The van der Waals surface area contributed by atoms with Gasteiger partial charge in [-0.15, -0.1) is 0 Å². The van der Waals surface area contributed by atoms with Gasteiger partial charge >= 0.3 is 0 Å². The summed E-state index contributed by atoms with van der Waals surface area (Å²) in [7, 11) is 0. The fourth-order valence-corrected chi connectivity index (χ4v) is 2.37. The number of aliphatic imine (C=N–C) groups is 1. The summed E-state index contributed by atoms with van der Waals surface area (Å²) < 4.78 is 18.6. The van der Waals surface area contributed by atoms with Gasteiger partial charge in [0.1, 0.15) is 5.82 Å². The Morgan fingerprint density at radius 3 is 3.05 bits per heavy atom. The van der Waals surface area contributed by atoms with Crippen molar-refractivity contribution in [3.63, 3.8) is 0 Å². The highest BCUT2D eigenvalue weighted by molar-refractivity contribution is 6.30. The van der Waals surface area contributed by atoms with E-state index in [1.165, 1.54) is 18.2 Å². The van der Waals surface area contributed by atoms with E-state index in [2.05, 4.69) is 10.3 Å². The molecule has 0 spiro atoms. The molecule has 1 aliphatic rings. The number of hydrogen-bond acceptors (Lipinski definition) is 3. The topological polar surface area (TPSA) is 79.9 Å². The maximum absolute atomic E-state index is 13.2. The Balaban J connectivity index is 1.83. The van der Waals surface area contributed by atoms with Gasteiger partial charge in [0, 0.05) is 18.2 Å². The summed E-state index contributed by atoms with van der Waals surface area (Å²) in [6.45, 7) is 1.41. The number of aliphatic hydroxyl groups excluding tert-OH is 1. The van der Waals surface area contributed by atoms with E-state index in [1.54, 1.807) is 0 Å². The number of aliphatic hydroxyl groups is 1. The Morgan fingerprint density at radius 1 is 1.57 bits per heavy atom. The van der Waals surface area contributed by atoms with Crippen LogP contribution in [0.1, 0.15) is 24.5 Å². The summed E-state index contributed by atoms with van der Waals surface area (Å²) in [5.74, 6) is -0.267. The molecule has 1 aliphatic heterocycles. The van der Waals surface area contributed by atoms with Crippen molar-refractivity contribution in [1.82, 2.24) is 5.32 Å². The van der Waals surface area contributed by atoms with Crippen molar-refractivity contribution in [2.45, 2.75) is 25.0 Å². The van der Waals surface area contributed by atoms with Crippen molar-refractivity contribution < 1.29 is 14.2 Å². The van der Waals surface area contributed by atoms with Crippen molar-refractivity contribution in [3.8, 4) is 0 Å². The Morgan fingerprint density at radius 2 is 2.38 bits per heavy atom. The number of nitrogens with one attached hydrogen (secondary N) is 1. The minimum Gasteiger partial charge on any atom is -0.386 e. The molecule has 1 aromatic carbocycles. The highest BCUT2D eigenvalue weighted by Gasteiger charge is 2.15. The van der Waals surface area contributed by atoms with E-state index in [1.807, 2.05) is 0 Å². The average molecular weight is 316 g/mol. The number of hydrogen-bond donors (Lipinski definition) is 3. The molecule has 1 heterocycles. The van der Waals surface area contributed by atoms with Crippen molar-refractivity contribution in [2.75, 3.05) is 19.7 Å². The molecular weight excluding hydrogens is 297 g/mol. The van der Waals surface area contributed by atoms with Crippen LogP contribution in [0.3, 0.4) is 0 Å². The van der Waals surface area contributed by atoms with Crippen LogP contribution in [0, 0.1) is 5.82 Å². The van der Waals surface area contributed by atoms with E-state index in [-0.39, 0.29) is 23.6 Å². The molecule has 5 nitrogen and oxygen atoms in total. The quantitative estimate of drug-likeness (QED) is 0.569. The molecule has 2 unspecified atom stereocenters. The lowest BCUT2D eigenvalue weighted by Crippen LogP contribution is -2.37. The molecule has 116 valence electrons. The van der Waals surface area contributed by atoms with E-state index >= 15 is 0 Å². The standard InChI is InChI=1S/C14H19ClFN3O2/c15-10-4-9(5-11(16)6-10)13(20)8-19-14(17)18-7-12-2-1-3-21-12/h4-6,12-13,20H,1-3,7-8H2,(H3,17,18,19). The van der Waals surface area contributed by atoms with Crippen LogP contribution in [0.4, 0.5) is 4.39 Å². The first-order valence-corrected chi connectivity index (χ1v) is 7.22. The summed E-state index contributed by atoms with van der Waals surface area (Å²) in [4.78, 5) is 4.03. The summed E-state index contributed by atoms with van der Waals surface area (Å²) in [5.41, 5.74) is 6.08. The number of rotatable bonds is 5. The lowest BCUT2D eigenvalue weighted by Gasteiger charge is -2.12. The van der Waals surface area contributed by atoms with Gasteiger partial charge in [0.15, 0.2) is 5.96 Å². The molecule has 0 aromatic heterocycles. The first kappa shape index (κ1) is 16.0. The average Bonchev–Trinajstić information content (AvgIpc) is 2.94. The van der Waals surface area contributed by atoms with Gasteiger partial charge in [0.05, 0.1) is 18.8 Å². The second-order valence-electron chi connectivity index (χ2n) is 4.96. The van der Waals surface area contributed by atoms with Gasteiger partial charge in [0.25, 0.3) is 0 Å². The molecule has 2 rings (SSSR count). The normalized spacial score (nSPS) is 20.5. The Labute approximate surface area is 128 Å². The molecule has 0 saturated carbocycles. The number of ether oxygens (including phenoxy) is 1. The van der Waals surface area contributed by atoms with Crippen LogP contribution in [0.25, 0.3) is 0 Å². The lowest BCUT2D eigenvalue weighted by molar-refractivity contribution is 0.114. The molecule has 0 radical (unpaired) electrons. The predicted octanol–water partition coefficient (Wildman–Crippen LogP) is 1.60. The van der Waals surface area contributed by atoms with Crippen LogP contribution in [0.5, 0.6) is 0 Å². The van der Waals surface area contributed by atoms with E-state index in [0.717, 1.165) is 19.4 Å². The maximum Gasteiger partial charge on any atom is 0.188 e. The van der Waals surface area contributed by atoms with Crippen LogP contribution in [-0.2, 0) is 4.74 Å². The molecule has 0 amide bonds. The molecule has 7 heteroatoms. The van der Waals surface area contributed by atoms with E-state index < -0.39 is 11.9 Å². The Hall–Kier alpha value is -1.37. The fourth-order valence-electron chi connectivity index (χ4n) is 2.14. The Kier molecular flexibility index (Phi) is 5.78. The lowest BCUT2D eigenvalue weighted by atomic mass is 10.1. The number of benzene rings is 1. The first-order valence-electron chi connectivity index (χ1n) is 6.84. The van der Waals surface area contributed by atoms with Gasteiger partial charge in [0.2, 0.25) is 0 Å². The van der Waals surface area contributed by atoms with Crippen molar-refractivity contribution in [3.05, 3.63) is 34.6 Å². The van der Waals surface area contributed by atoms with Gasteiger partial charge in [-0.05, 0) is 36.6 Å². The molecule has 1 aromatic rings. The third-order valence-corrected chi connectivity index (χ3v) is 3.46. The minimum absolute atomic E-state index is 0.0319. The van der Waals surface area contributed by atoms with Crippen LogP contribution >= 0.6 is 11.6 Å². The number of nitrogens with zero attached hydrogens (tertiary/aromatic N) is 1. The van der Waals surface area contributed by atoms with E-state index in [4.69, 9.17) is 22.1 Å². The highest BCUT2D eigenvalue weighted by Crippen LogP contribution is 2.20. The smallest absolute Gasteiger partial charge is 0.188 e. The largest absolute Gasteiger partial charge is 0.386 e. The van der Waals surface area contributed by atoms with Gasteiger partial charge in [-0.25, -0.2) is 4.39 Å². The third-order valence-electron chi connectivity index (χ3n) is 3.24. The van der Waals surface area contributed by atoms with Crippen molar-refractivity contribution in [1.29, 1.82) is 0 Å². The number of nitrogens with two attached hydrogens (primary N) is 1. The third kappa shape index (κ3) is 5.15. The molecule has 2 atom stereocenters. The molecule has 0 bridgehead atoms. The van der Waals surface area contributed by atoms with E-state index in [9.17, 15) is 9.50 Å². The molecule has 21 heavy (non-hydrogen) atoms. The van der Waals surface area contributed by atoms with Gasteiger partial charge in [-0.3, -0.25) is 4.99 Å². The first-order chi connectivity index (χ1) is 10.0. The van der Waals surface area contributed by atoms with Crippen LogP contribution < -0.4 is 11.1 Å². The monoisotopic (exact) mass is 315 g/mol. The van der Waals surface area contributed by atoms with Crippen molar-refractivity contribution >= 4 is 17.6 Å². The molecular formula is C14H19ClFN3O2. The van der Waals surface area contributed by atoms with Gasteiger partial charge < -0.3 is 20.9 Å². The highest BCUT2D eigenvalue weighted by atomic mass is 35.5. The number of guanidine groups is 1. The van der Waals surface area contributed by atoms with Crippen molar-refractivity contribution in [2.24, 2.45) is 10.7 Å². The zero-order valence-corrected chi connectivity index (χ0v) is 12.3. The van der Waals surface area contributed by atoms with E-state index in [0.29, 0.717) is 12.1 Å². The van der Waals surface area contributed by atoms with Crippen LogP contribution in [0.2, 0.25) is 5.02 Å². The SMILES string of the molecule is NC(=NCC(O)c1cc(F)cc(Cl)c1)NCC1CCCO1. The molecule has 1 fully saturated rings. The zero-order valence-electron chi connectivity index (χ0n) is 11.6. The number of halogens is 2. The van der Waals surface area contributed by atoms with Crippen LogP contribution in [-0.4, -0.2) is 36.9 Å². The van der Waals surface area contributed by atoms with Gasteiger partial charge in [-0.1, -0.05) is 11.6 Å². The molecule has 1 saturated heterocycles.